The van der Waals surface area contributed by atoms with Crippen molar-refractivity contribution < 1.29 is 19.1 Å². The van der Waals surface area contributed by atoms with Crippen molar-refractivity contribution in [3.63, 3.8) is 0 Å². The molecule has 2 heterocycles. The second-order valence-electron chi connectivity index (χ2n) is 7.41. The van der Waals surface area contributed by atoms with Crippen LogP contribution in [-0.4, -0.2) is 52.7 Å². The van der Waals surface area contributed by atoms with Gasteiger partial charge in [-0.2, -0.15) is 5.10 Å². The monoisotopic (exact) mass is 486 g/mol. The third-order valence-corrected chi connectivity index (χ3v) is 6.13. The normalized spacial score (nSPS) is 12.9. The number of ether oxygens (including phenoxy) is 1. The Hall–Kier alpha value is -3.20. The quantitative estimate of drug-likeness (QED) is 0.381. The van der Waals surface area contributed by atoms with Crippen molar-refractivity contribution in [1.82, 2.24) is 14.7 Å². The first-order valence-electron chi connectivity index (χ1n) is 10.2. The topological polar surface area (TPSA) is 93.5 Å². The van der Waals surface area contributed by atoms with Crippen LogP contribution in [0.4, 0.5) is 5.82 Å². The summed E-state index contributed by atoms with van der Waals surface area (Å²) in [6, 6.07) is 11.4. The molecule has 0 saturated carbocycles. The van der Waals surface area contributed by atoms with E-state index in [2.05, 4.69) is 10.4 Å². The average molecular weight is 487 g/mol. The highest BCUT2D eigenvalue weighted by atomic mass is 35.5. The number of carbonyl (C=O) groups is 3. The zero-order valence-corrected chi connectivity index (χ0v) is 19.2. The van der Waals surface area contributed by atoms with Crippen molar-refractivity contribution in [2.24, 2.45) is 0 Å². The Morgan fingerprint density at radius 1 is 1.09 bits per heavy atom. The Kier molecular flexibility index (Phi) is 6.78. The maximum absolute atomic E-state index is 12.9. The number of aromatic nitrogens is 2. The van der Waals surface area contributed by atoms with E-state index < -0.39 is 11.8 Å². The van der Waals surface area contributed by atoms with Gasteiger partial charge in [-0.05, 0) is 36.2 Å². The van der Waals surface area contributed by atoms with Crippen LogP contribution in [0.25, 0.3) is 0 Å². The number of benzene rings is 2. The maximum atomic E-state index is 12.9. The van der Waals surface area contributed by atoms with E-state index in [1.54, 1.807) is 36.2 Å². The van der Waals surface area contributed by atoms with Crippen molar-refractivity contribution in [2.45, 2.75) is 13.0 Å². The second-order valence-corrected chi connectivity index (χ2v) is 8.19. The predicted molar refractivity (Wildman–Crippen MR) is 124 cm³/mol. The minimum absolute atomic E-state index is 0.212. The number of nitrogens with one attached hydrogen (secondary N) is 1. The van der Waals surface area contributed by atoms with Crippen LogP contribution in [0, 0.1) is 0 Å². The molecule has 0 saturated heterocycles. The van der Waals surface area contributed by atoms with Gasteiger partial charge in [0.2, 0.25) is 0 Å². The second kappa shape index (κ2) is 9.74. The third-order valence-electron chi connectivity index (χ3n) is 5.27. The van der Waals surface area contributed by atoms with E-state index in [0.717, 1.165) is 5.56 Å². The Bertz CT molecular complexity index is 1240. The number of rotatable bonds is 8. The lowest BCUT2D eigenvalue weighted by atomic mass is 10.1. The lowest BCUT2D eigenvalue weighted by Gasteiger charge is -2.12. The number of methoxy groups -OCH3 is 1. The predicted octanol–water partition coefficient (Wildman–Crippen LogP) is 4.12. The van der Waals surface area contributed by atoms with E-state index in [0.29, 0.717) is 35.4 Å². The zero-order valence-electron chi connectivity index (χ0n) is 17.7. The first kappa shape index (κ1) is 23.0. The molecule has 1 N–H and O–H groups in total. The number of hydrogen-bond acceptors (Lipinski definition) is 5. The molecular formula is C23H20Cl2N4O4. The van der Waals surface area contributed by atoms with Crippen molar-refractivity contribution in [3.05, 3.63) is 81.0 Å². The van der Waals surface area contributed by atoms with E-state index in [-0.39, 0.29) is 29.1 Å². The minimum atomic E-state index is -0.435. The summed E-state index contributed by atoms with van der Waals surface area (Å²) >= 11 is 12.3. The number of halogens is 2. The number of hydrogen-bond donors (Lipinski definition) is 1. The first-order chi connectivity index (χ1) is 15.9. The van der Waals surface area contributed by atoms with E-state index in [4.69, 9.17) is 27.9 Å². The fraction of sp³-hybridized carbons (Fsp3) is 0.217. The van der Waals surface area contributed by atoms with Crippen LogP contribution in [0.15, 0.2) is 48.7 Å². The Balaban J connectivity index is 1.50. The number of anilines is 1. The summed E-state index contributed by atoms with van der Waals surface area (Å²) in [5.74, 6) is -0.772. The van der Waals surface area contributed by atoms with Gasteiger partial charge >= 0.3 is 0 Å². The number of carbonyl (C=O) groups excluding carboxylic acids is 3. The van der Waals surface area contributed by atoms with Gasteiger partial charge in [0.15, 0.2) is 0 Å². The lowest BCUT2D eigenvalue weighted by molar-refractivity contribution is 0.0638. The van der Waals surface area contributed by atoms with Crippen LogP contribution < -0.4 is 5.32 Å². The summed E-state index contributed by atoms with van der Waals surface area (Å²) in [6.45, 7) is 0.998. The molecule has 1 aliphatic rings. The molecule has 0 bridgehead atoms. The molecule has 8 nitrogen and oxygen atoms in total. The van der Waals surface area contributed by atoms with E-state index in [1.165, 1.54) is 23.1 Å². The highest BCUT2D eigenvalue weighted by molar-refractivity contribution is 6.42. The number of fused-ring (bicyclic) bond motifs is 1. The zero-order chi connectivity index (χ0) is 23.5. The van der Waals surface area contributed by atoms with Gasteiger partial charge in [-0.25, -0.2) is 4.68 Å². The van der Waals surface area contributed by atoms with Crippen molar-refractivity contribution >= 4 is 46.7 Å². The molecule has 170 valence electrons. The molecule has 10 heteroatoms. The molecular weight excluding hydrogens is 467 g/mol. The van der Waals surface area contributed by atoms with Crippen molar-refractivity contribution in [2.75, 3.05) is 25.6 Å². The summed E-state index contributed by atoms with van der Waals surface area (Å²) in [5.41, 5.74) is 1.50. The first-order valence-corrected chi connectivity index (χ1v) is 10.9. The van der Waals surface area contributed by atoms with Crippen LogP contribution in [0.3, 0.4) is 0 Å². The van der Waals surface area contributed by atoms with Gasteiger partial charge in [0.25, 0.3) is 17.7 Å². The van der Waals surface area contributed by atoms with Gasteiger partial charge in [0.05, 0.1) is 33.9 Å². The molecule has 0 spiro atoms. The van der Waals surface area contributed by atoms with E-state index in [1.807, 2.05) is 6.07 Å². The molecule has 3 aromatic rings. The van der Waals surface area contributed by atoms with Crippen LogP contribution >= 0.6 is 23.2 Å². The molecule has 0 aliphatic carbocycles. The molecule has 1 aromatic heterocycles. The SMILES string of the molecule is COCCCN1C(=O)c2ccc(C(=O)Nc3ccnn3Cc3cccc(Cl)c3Cl)cc2C1=O. The average Bonchev–Trinajstić information content (AvgIpc) is 3.34. The fourth-order valence-electron chi connectivity index (χ4n) is 3.59. The van der Waals surface area contributed by atoms with Gasteiger partial charge < -0.3 is 10.1 Å². The summed E-state index contributed by atoms with van der Waals surface area (Å²) in [5, 5.41) is 7.88. The molecule has 3 amide bonds. The molecule has 0 fully saturated rings. The van der Waals surface area contributed by atoms with Crippen LogP contribution in [0.2, 0.25) is 10.0 Å². The number of nitrogens with zero attached hydrogens (tertiary/aromatic N) is 3. The van der Waals surface area contributed by atoms with Gasteiger partial charge in [-0.3, -0.25) is 19.3 Å². The standard InChI is InChI=1S/C23H20Cl2N4O4/c1-33-11-3-10-28-22(31)16-7-6-14(12-17(16)23(28)32)21(30)27-19-8-9-26-29(19)13-15-4-2-5-18(24)20(15)25/h2,4-9,12H,3,10-11,13H2,1H3,(H,27,30). The molecule has 33 heavy (non-hydrogen) atoms. The summed E-state index contributed by atoms with van der Waals surface area (Å²) in [4.78, 5) is 39.3. The van der Waals surface area contributed by atoms with Crippen LogP contribution in [0.1, 0.15) is 43.1 Å². The molecule has 2 aromatic carbocycles. The lowest BCUT2D eigenvalue weighted by Crippen LogP contribution is -2.31. The molecule has 0 atom stereocenters. The largest absolute Gasteiger partial charge is 0.385 e. The third kappa shape index (κ3) is 4.64. The Morgan fingerprint density at radius 2 is 1.88 bits per heavy atom. The number of imide groups is 1. The molecule has 0 unspecified atom stereocenters. The highest BCUT2D eigenvalue weighted by Crippen LogP contribution is 2.27. The molecule has 4 rings (SSSR count). The smallest absolute Gasteiger partial charge is 0.261 e. The van der Waals surface area contributed by atoms with Gasteiger partial charge in [0, 0.05) is 31.9 Å². The molecule has 1 aliphatic heterocycles. The van der Waals surface area contributed by atoms with Gasteiger partial charge in [0.1, 0.15) is 5.82 Å². The molecule has 0 radical (unpaired) electrons. The van der Waals surface area contributed by atoms with E-state index >= 15 is 0 Å². The fourth-order valence-corrected chi connectivity index (χ4v) is 3.97. The van der Waals surface area contributed by atoms with E-state index in [9.17, 15) is 14.4 Å². The number of amides is 3. The Morgan fingerprint density at radius 3 is 2.67 bits per heavy atom. The van der Waals surface area contributed by atoms with Crippen LogP contribution in [-0.2, 0) is 11.3 Å². The van der Waals surface area contributed by atoms with Gasteiger partial charge in [-0.15, -0.1) is 0 Å². The summed E-state index contributed by atoms with van der Waals surface area (Å²) in [6.07, 6.45) is 2.09. The van der Waals surface area contributed by atoms with Crippen molar-refractivity contribution in [3.8, 4) is 0 Å². The minimum Gasteiger partial charge on any atom is -0.385 e. The highest BCUT2D eigenvalue weighted by Gasteiger charge is 2.35. The summed E-state index contributed by atoms with van der Waals surface area (Å²) in [7, 11) is 1.56. The van der Waals surface area contributed by atoms with Crippen LogP contribution in [0.5, 0.6) is 0 Å². The van der Waals surface area contributed by atoms with Gasteiger partial charge in [-0.1, -0.05) is 35.3 Å². The summed E-state index contributed by atoms with van der Waals surface area (Å²) < 4.78 is 6.56. The maximum Gasteiger partial charge on any atom is 0.261 e. The Labute approximate surface area is 200 Å². The van der Waals surface area contributed by atoms with Crippen molar-refractivity contribution in [1.29, 1.82) is 0 Å².